The highest BCUT2D eigenvalue weighted by Gasteiger charge is 2.34. The number of hydrogen-bond acceptors (Lipinski definition) is 2. The first kappa shape index (κ1) is 18.2. The Balaban J connectivity index is 1.67. The Labute approximate surface area is 155 Å². The molecule has 3 rings (SSSR count). The smallest absolute Gasteiger partial charge is 0.309 e. The van der Waals surface area contributed by atoms with Crippen molar-refractivity contribution in [3.8, 4) is 0 Å². The van der Waals surface area contributed by atoms with Gasteiger partial charge in [0, 0.05) is 0 Å². The molecule has 0 bridgehead atoms. The van der Waals surface area contributed by atoms with Gasteiger partial charge >= 0.3 is 11.8 Å². The van der Waals surface area contributed by atoms with E-state index in [1.54, 1.807) is 0 Å². The Bertz CT molecular complexity index is 682. The van der Waals surface area contributed by atoms with Crippen LogP contribution >= 0.6 is 0 Å². The molecule has 0 aliphatic heterocycles. The number of benzene rings is 2. The molecule has 26 heavy (non-hydrogen) atoms. The minimum Gasteiger partial charge on any atom is -0.341 e. The molecule has 2 aromatic carbocycles. The number of amides is 2. The lowest BCUT2D eigenvalue weighted by Crippen LogP contribution is -2.44. The second-order valence-electron chi connectivity index (χ2n) is 7.31. The van der Waals surface area contributed by atoms with E-state index in [-0.39, 0.29) is 18.0 Å². The van der Waals surface area contributed by atoms with Gasteiger partial charge in [0.15, 0.2) is 0 Å². The highest BCUT2D eigenvalue weighted by Crippen LogP contribution is 2.40. The molecule has 1 aliphatic rings. The standard InChI is InChI=1S/C22H26N2O2/c1-15(2)19(16-9-5-3-6-10-16)23-21(25)22(26)24-20(18-13-14-18)17-11-7-4-8-12-17/h3-12,15,18-20H,13-14H2,1-2H3,(H,23,25)(H,24,26)/t19-,20+/m0/s1. The van der Waals surface area contributed by atoms with Gasteiger partial charge in [-0.2, -0.15) is 0 Å². The van der Waals surface area contributed by atoms with Gasteiger partial charge in [-0.05, 0) is 35.8 Å². The molecule has 2 atom stereocenters. The van der Waals surface area contributed by atoms with Crippen molar-refractivity contribution in [3.05, 3.63) is 71.8 Å². The summed E-state index contributed by atoms with van der Waals surface area (Å²) in [7, 11) is 0. The molecule has 0 saturated heterocycles. The molecule has 0 heterocycles. The number of carbonyl (C=O) groups excluding carboxylic acids is 2. The minimum absolute atomic E-state index is 0.0938. The first-order valence-electron chi connectivity index (χ1n) is 9.27. The predicted octanol–water partition coefficient (Wildman–Crippen LogP) is 3.77. The molecule has 0 unspecified atom stereocenters. The molecule has 0 radical (unpaired) electrons. The van der Waals surface area contributed by atoms with E-state index >= 15 is 0 Å². The van der Waals surface area contributed by atoms with Crippen LogP contribution in [0, 0.1) is 11.8 Å². The SMILES string of the molecule is CC(C)[C@H](NC(=O)C(=O)N[C@H](c1ccccc1)C1CC1)c1ccccc1. The summed E-state index contributed by atoms with van der Waals surface area (Å²) in [6, 6.07) is 19.4. The average Bonchev–Trinajstić information content (AvgIpc) is 3.50. The summed E-state index contributed by atoms with van der Waals surface area (Å²) in [5.41, 5.74) is 2.06. The zero-order valence-electron chi connectivity index (χ0n) is 15.3. The molecule has 0 spiro atoms. The van der Waals surface area contributed by atoms with Gasteiger partial charge in [0.05, 0.1) is 12.1 Å². The van der Waals surface area contributed by atoms with Crippen molar-refractivity contribution in [3.63, 3.8) is 0 Å². The number of carbonyl (C=O) groups is 2. The van der Waals surface area contributed by atoms with Crippen LogP contribution in [-0.4, -0.2) is 11.8 Å². The van der Waals surface area contributed by atoms with E-state index in [1.807, 2.05) is 74.5 Å². The highest BCUT2D eigenvalue weighted by atomic mass is 16.2. The topological polar surface area (TPSA) is 58.2 Å². The molecule has 4 heteroatoms. The van der Waals surface area contributed by atoms with Gasteiger partial charge in [0.1, 0.15) is 0 Å². The molecule has 1 aliphatic carbocycles. The van der Waals surface area contributed by atoms with Crippen LogP contribution in [0.4, 0.5) is 0 Å². The third-order valence-corrected chi connectivity index (χ3v) is 4.86. The van der Waals surface area contributed by atoms with E-state index in [0.29, 0.717) is 5.92 Å². The molecule has 1 fully saturated rings. The van der Waals surface area contributed by atoms with Gasteiger partial charge in [0.25, 0.3) is 0 Å². The monoisotopic (exact) mass is 350 g/mol. The fourth-order valence-corrected chi connectivity index (χ4v) is 3.27. The van der Waals surface area contributed by atoms with Gasteiger partial charge in [0.2, 0.25) is 0 Å². The zero-order valence-corrected chi connectivity index (χ0v) is 15.3. The summed E-state index contributed by atoms with van der Waals surface area (Å²) in [6.07, 6.45) is 2.17. The maximum absolute atomic E-state index is 12.5. The molecule has 2 N–H and O–H groups in total. The Kier molecular flexibility index (Phi) is 5.71. The minimum atomic E-state index is -0.575. The maximum Gasteiger partial charge on any atom is 0.309 e. The van der Waals surface area contributed by atoms with E-state index < -0.39 is 11.8 Å². The molecular weight excluding hydrogens is 324 g/mol. The molecule has 2 amide bonds. The lowest BCUT2D eigenvalue weighted by atomic mass is 9.96. The van der Waals surface area contributed by atoms with Gasteiger partial charge in [-0.15, -0.1) is 0 Å². The van der Waals surface area contributed by atoms with Gasteiger partial charge < -0.3 is 10.6 Å². The molecule has 0 aromatic heterocycles. The Hall–Kier alpha value is -2.62. The van der Waals surface area contributed by atoms with Crippen molar-refractivity contribution in [1.82, 2.24) is 10.6 Å². The third-order valence-electron chi connectivity index (χ3n) is 4.86. The summed E-state index contributed by atoms with van der Waals surface area (Å²) < 4.78 is 0. The van der Waals surface area contributed by atoms with Crippen LogP contribution in [0.15, 0.2) is 60.7 Å². The van der Waals surface area contributed by atoms with Gasteiger partial charge in [-0.3, -0.25) is 9.59 Å². The molecule has 1 saturated carbocycles. The van der Waals surface area contributed by atoms with Crippen molar-refractivity contribution in [2.24, 2.45) is 11.8 Å². The fourth-order valence-electron chi connectivity index (χ4n) is 3.27. The fraction of sp³-hybridized carbons (Fsp3) is 0.364. The number of nitrogens with one attached hydrogen (secondary N) is 2. The van der Waals surface area contributed by atoms with Crippen molar-refractivity contribution in [2.75, 3.05) is 0 Å². The second kappa shape index (κ2) is 8.17. The van der Waals surface area contributed by atoms with Gasteiger partial charge in [-0.25, -0.2) is 0 Å². The average molecular weight is 350 g/mol. The van der Waals surface area contributed by atoms with E-state index in [1.165, 1.54) is 0 Å². The van der Waals surface area contributed by atoms with Crippen molar-refractivity contribution < 1.29 is 9.59 Å². The molecule has 4 nitrogen and oxygen atoms in total. The van der Waals surface area contributed by atoms with Crippen LogP contribution in [0.5, 0.6) is 0 Å². The maximum atomic E-state index is 12.5. The lowest BCUT2D eigenvalue weighted by molar-refractivity contribution is -0.140. The normalized spacial score (nSPS) is 16.0. The second-order valence-corrected chi connectivity index (χ2v) is 7.31. The Morgan fingerprint density at radius 3 is 1.81 bits per heavy atom. The van der Waals surface area contributed by atoms with Crippen LogP contribution < -0.4 is 10.6 Å². The summed E-state index contributed by atoms with van der Waals surface area (Å²) >= 11 is 0. The summed E-state index contributed by atoms with van der Waals surface area (Å²) in [5, 5.41) is 5.84. The quantitative estimate of drug-likeness (QED) is 0.779. The van der Waals surface area contributed by atoms with E-state index in [9.17, 15) is 9.59 Å². The molecule has 2 aromatic rings. The number of rotatable bonds is 6. The summed E-state index contributed by atoms with van der Waals surface area (Å²) in [5.74, 6) is -0.534. The van der Waals surface area contributed by atoms with E-state index in [4.69, 9.17) is 0 Å². The van der Waals surface area contributed by atoms with E-state index in [0.717, 1.165) is 24.0 Å². The van der Waals surface area contributed by atoms with Crippen LogP contribution in [0.25, 0.3) is 0 Å². The summed E-state index contributed by atoms with van der Waals surface area (Å²) in [4.78, 5) is 25.0. The predicted molar refractivity (Wildman–Crippen MR) is 102 cm³/mol. The van der Waals surface area contributed by atoms with Crippen LogP contribution in [-0.2, 0) is 9.59 Å². The first-order chi connectivity index (χ1) is 12.6. The van der Waals surface area contributed by atoms with Crippen molar-refractivity contribution >= 4 is 11.8 Å². The molecular formula is C22H26N2O2. The van der Waals surface area contributed by atoms with Gasteiger partial charge in [-0.1, -0.05) is 74.5 Å². The Morgan fingerprint density at radius 1 is 0.808 bits per heavy atom. The molecule has 136 valence electrons. The van der Waals surface area contributed by atoms with E-state index in [2.05, 4.69) is 10.6 Å². The highest BCUT2D eigenvalue weighted by molar-refractivity contribution is 6.35. The summed E-state index contributed by atoms with van der Waals surface area (Å²) in [6.45, 7) is 4.07. The number of hydrogen-bond donors (Lipinski definition) is 2. The third kappa shape index (κ3) is 4.51. The van der Waals surface area contributed by atoms with Crippen LogP contribution in [0.1, 0.15) is 49.9 Å². The first-order valence-corrected chi connectivity index (χ1v) is 9.27. The largest absolute Gasteiger partial charge is 0.341 e. The zero-order chi connectivity index (χ0) is 18.5. The van der Waals surface area contributed by atoms with Crippen molar-refractivity contribution in [1.29, 1.82) is 0 Å². The van der Waals surface area contributed by atoms with Crippen LogP contribution in [0.2, 0.25) is 0 Å². The van der Waals surface area contributed by atoms with Crippen LogP contribution in [0.3, 0.4) is 0 Å². The lowest BCUT2D eigenvalue weighted by Gasteiger charge is -2.24. The van der Waals surface area contributed by atoms with Crippen molar-refractivity contribution in [2.45, 2.75) is 38.8 Å². The Morgan fingerprint density at radius 2 is 1.31 bits per heavy atom.